The molecule has 11 heteroatoms. The third kappa shape index (κ3) is 6.63. The van der Waals surface area contributed by atoms with Crippen molar-refractivity contribution in [2.75, 3.05) is 38.4 Å². The van der Waals surface area contributed by atoms with E-state index in [2.05, 4.69) is 20.6 Å². The van der Waals surface area contributed by atoms with E-state index < -0.39 is 17.1 Å². The highest BCUT2D eigenvalue weighted by Gasteiger charge is 2.32. The lowest BCUT2D eigenvalue weighted by Crippen LogP contribution is -2.49. The fourth-order valence-corrected chi connectivity index (χ4v) is 4.37. The summed E-state index contributed by atoms with van der Waals surface area (Å²) in [6.07, 6.45) is 2.32. The predicted octanol–water partition coefficient (Wildman–Crippen LogP) is 4.05. The van der Waals surface area contributed by atoms with Gasteiger partial charge in [0, 0.05) is 49.2 Å². The second kappa shape index (κ2) is 12.1. The van der Waals surface area contributed by atoms with Gasteiger partial charge in [-0.15, -0.1) is 0 Å². The Morgan fingerprint density at radius 1 is 1.05 bits per heavy atom. The summed E-state index contributed by atoms with van der Waals surface area (Å²) >= 11 is 0. The van der Waals surface area contributed by atoms with Crippen molar-refractivity contribution in [3.05, 3.63) is 82.0 Å². The molecule has 2 heterocycles. The predicted molar refractivity (Wildman–Crippen MR) is 156 cm³/mol. The fraction of sp³-hybridized carbons (Fsp3) is 0.300. The highest BCUT2D eigenvalue weighted by molar-refractivity contribution is 6.06. The molecule has 0 saturated heterocycles. The Bertz CT molecular complexity index is 1610. The fourth-order valence-electron chi connectivity index (χ4n) is 4.37. The third-order valence-electron chi connectivity index (χ3n) is 6.65. The largest absolute Gasteiger partial charge is 0.497 e. The van der Waals surface area contributed by atoms with E-state index in [1.165, 1.54) is 14.2 Å². The van der Waals surface area contributed by atoms with Crippen LogP contribution in [0.4, 0.5) is 11.7 Å². The zero-order valence-electron chi connectivity index (χ0n) is 23.9. The zero-order valence-corrected chi connectivity index (χ0v) is 23.9. The van der Waals surface area contributed by atoms with Gasteiger partial charge in [-0.2, -0.15) is 4.98 Å². The van der Waals surface area contributed by atoms with Crippen LogP contribution in [-0.4, -0.2) is 60.0 Å². The van der Waals surface area contributed by atoms with Crippen LogP contribution < -0.4 is 25.7 Å². The lowest BCUT2D eigenvalue weighted by Gasteiger charge is -2.30. The molecule has 0 fully saturated rings. The maximum absolute atomic E-state index is 13.2. The summed E-state index contributed by atoms with van der Waals surface area (Å²) in [6.45, 7) is 5.54. The lowest BCUT2D eigenvalue weighted by molar-refractivity contribution is -0.133. The SMILES string of the molecule is COc1cc(OC)cc(C(=O)Nc2ccc3nc(NC(C)(C)C(=O)N(C)CCc4ccccn4)oc(=O)c3c2C)c1. The molecule has 2 aromatic heterocycles. The van der Waals surface area contributed by atoms with Crippen LogP contribution in [-0.2, 0) is 11.2 Å². The third-order valence-corrected chi connectivity index (χ3v) is 6.65. The van der Waals surface area contributed by atoms with E-state index in [0.717, 1.165) is 5.69 Å². The van der Waals surface area contributed by atoms with Crippen molar-refractivity contribution >= 4 is 34.4 Å². The molecule has 4 rings (SSSR count). The van der Waals surface area contributed by atoms with Crippen LogP contribution in [0.5, 0.6) is 11.5 Å². The summed E-state index contributed by atoms with van der Waals surface area (Å²) in [7, 11) is 4.70. The molecule has 41 heavy (non-hydrogen) atoms. The summed E-state index contributed by atoms with van der Waals surface area (Å²) in [5, 5.41) is 6.00. The second-order valence-corrected chi connectivity index (χ2v) is 10.0. The Hall–Kier alpha value is -4.93. The topological polar surface area (TPSA) is 136 Å². The van der Waals surface area contributed by atoms with Gasteiger partial charge in [0.2, 0.25) is 5.91 Å². The van der Waals surface area contributed by atoms with Crippen LogP contribution in [0, 0.1) is 6.92 Å². The van der Waals surface area contributed by atoms with Crippen LogP contribution in [0.3, 0.4) is 0 Å². The number of anilines is 2. The number of hydrogen-bond acceptors (Lipinski definition) is 9. The standard InChI is InChI=1S/C30H33N5O6/c1-18-23(32-26(36)19-15-21(39-5)17-22(16-19)40-6)10-11-24-25(18)27(37)41-29(33-24)34-30(2,3)28(38)35(4)14-12-20-9-7-8-13-31-20/h7-11,13,15-17H,12,14H2,1-6H3,(H,32,36)(H,33,34). The number of hydrogen-bond donors (Lipinski definition) is 2. The van der Waals surface area contributed by atoms with Gasteiger partial charge in [0.15, 0.2) is 0 Å². The Labute approximate surface area is 237 Å². The van der Waals surface area contributed by atoms with E-state index in [9.17, 15) is 14.4 Å². The summed E-state index contributed by atoms with van der Waals surface area (Å²) in [6, 6.07) is 13.7. The lowest BCUT2D eigenvalue weighted by atomic mass is 10.0. The van der Waals surface area contributed by atoms with E-state index in [1.54, 1.807) is 69.2 Å². The molecule has 2 aromatic carbocycles. The van der Waals surface area contributed by atoms with Crippen LogP contribution in [0.1, 0.15) is 35.5 Å². The highest BCUT2D eigenvalue weighted by atomic mass is 16.5. The van der Waals surface area contributed by atoms with Gasteiger partial charge in [0.05, 0.1) is 25.1 Å². The van der Waals surface area contributed by atoms with Gasteiger partial charge in [0.25, 0.3) is 11.9 Å². The minimum absolute atomic E-state index is 0.0846. The monoisotopic (exact) mass is 559 g/mol. The molecule has 0 aliphatic heterocycles. The minimum atomic E-state index is -1.11. The van der Waals surface area contributed by atoms with E-state index >= 15 is 0 Å². The smallest absolute Gasteiger partial charge is 0.348 e. The number of carbonyl (C=O) groups excluding carboxylic acids is 2. The summed E-state index contributed by atoms with van der Waals surface area (Å²) in [5.41, 5.74) is 0.703. The summed E-state index contributed by atoms with van der Waals surface area (Å²) < 4.78 is 16.0. The summed E-state index contributed by atoms with van der Waals surface area (Å²) in [4.78, 5) is 49.5. The number of amides is 2. The highest BCUT2D eigenvalue weighted by Crippen LogP contribution is 2.27. The second-order valence-electron chi connectivity index (χ2n) is 10.0. The first-order chi connectivity index (χ1) is 19.5. The Balaban J connectivity index is 1.52. The van der Waals surface area contributed by atoms with E-state index in [4.69, 9.17) is 13.9 Å². The molecule has 0 aliphatic rings. The molecule has 0 aliphatic carbocycles. The van der Waals surface area contributed by atoms with E-state index in [-0.39, 0.29) is 17.3 Å². The van der Waals surface area contributed by atoms with Gasteiger partial charge in [-0.25, -0.2) is 4.79 Å². The van der Waals surface area contributed by atoms with Gasteiger partial charge >= 0.3 is 5.63 Å². The molecule has 0 atom stereocenters. The van der Waals surface area contributed by atoms with Crippen LogP contribution in [0.15, 0.2) is 63.9 Å². The van der Waals surface area contributed by atoms with Crippen LogP contribution in [0.2, 0.25) is 0 Å². The maximum atomic E-state index is 13.2. The Kier molecular flexibility index (Phi) is 8.56. The van der Waals surface area contributed by atoms with Gasteiger partial charge in [-0.3, -0.25) is 14.6 Å². The van der Waals surface area contributed by atoms with Crippen molar-refractivity contribution in [2.45, 2.75) is 32.7 Å². The number of pyridine rings is 1. The molecule has 11 nitrogen and oxygen atoms in total. The number of benzene rings is 2. The average Bonchev–Trinajstić information content (AvgIpc) is 2.96. The van der Waals surface area contributed by atoms with Crippen LogP contribution in [0.25, 0.3) is 10.9 Å². The van der Waals surface area contributed by atoms with Gasteiger partial charge in [-0.05, 0) is 62.7 Å². The quantitative estimate of drug-likeness (QED) is 0.295. The minimum Gasteiger partial charge on any atom is -0.497 e. The number of aromatic nitrogens is 2. The molecule has 4 aromatic rings. The molecule has 0 unspecified atom stereocenters. The molecule has 0 radical (unpaired) electrons. The number of ether oxygens (including phenoxy) is 2. The number of rotatable bonds is 10. The van der Waals surface area contributed by atoms with Gasteiger partial charge in [-0.1, -0.05) is 6.07 Å². The van der Waals surface area contributed by atoms with Gasteiger partial charge < -0.3 is 29.4 Å². The van der Waals surface area contributed by atoms with Gasteiger partial charge in [0.1, 0.15) is 17.0 Å². The number of nitrogens with zero attached hydrogens (tertiary/aromatic N) is 3. The van der Waals surface area contributed by atoms with Crippen molar-refractivity contribution in [2.24, 2.45) is 0 Å². The van der Waals surface area contributed by atoms with Crippen molar-refractivity contribution in [3.8, 4) is 11.5 Å². The molecule has 0 bridgehead atoms. The Morgan fingerprint density at radius 2 is 1.76 bits per heavy atom. The van der Waals surface area contributed by atoms with Crippen molar-refractivity contribution in [1.82, 2.24) is 14.9 Å². The molecule has 0 saturated carbocycles. The first kappa shape index (κ1) is 29.1. The number of fused-ring (bicyclic) bond motifs is 1. The molecule has 2 amide bonds. The van der Waals surface area contributed by atoms with E-state index in [0.29, 0.717) is 46.8 Å². The molecule has 2 N–H and O–H groups in total. The first-order valence-electron chi connectivity index (χ1n) is 12.9. The molecule has 214 valence electrons. The van der Waals surface area contributed by atoms with Crippen molar-refractivity contribution < 1.29 is 23.5 Å². The number of methoxy groups -OCH3 is 2. The number of carbonyl (C=O) groups is 2. The summed E-state index contributed by atoms with van der Waals surface area (Å²) in [5.74, 6) is 0.319. The Morgan fingerprint density at radius 3 is 2.39 bits per heavy atom. The van der Waals surface area contributed by atoms with Crippen LogP contribution >= 0.6 is 0 Å². The first-order valence-corrected chi connectivity index (χ1v) is 12.9. The average molecular weight is 560 g/mol. The van der Waals surface area contributed by atoms with Crippen molar-refractivity contribution in [1.29, 1.82) is 0 Å². The number of likely N-dealkylation sites (N-methyl/N-ethyl adjacent to an activating group) is 1. The maximum Gasteiger partial charge on any atom is 0.348 e. The zero-order chi connectivity index (χ0) is 29.7. The van der Waals surface area contributed by atoms with E-state index in [1.807, 2.05) is 18.2 Å². The normalized spacial score (nSPS) is 11.2. The number of aryl methyl sites for hydroxylation is 1. The molecule has 0 spiro atoms. The molecular formula is C30H33N5O6. The molecular weight excluding hydrogens is 526 g/mol. The number of nitrogens with one attached hydrogen (secondary N) is 2. The van der Waals surface area contributed by atoms with Crippen molar-refractivity contribution in [3.63, 3.8) is 0 Å².